The quantitative estimate of drug-likeness (QED) is 0.841. The zero-order chi connectivity index (χ0) is 15.5. The van der Waals surface area contributed by atoms with Crippen LogP contribution in [0.25, 0.3) is 0 Å². The molecule has 0 radical (unpaired) electrons. The number of nitrogens with zero attached hydrogens (tertiary/aromatic N) is 3. The van der Waals surface area contributed by atoms with Crippen LogP contribution >= 0.6 is 0 Å². The van der Waals surface area contributed by atoms with Crippen molar-refractivity contribution in [2.45, 2.75) is 31.1 Å². The first kappa shape index (κ1) is 15.7. The minimum atomic E-state index is -3.37. The standard InChI is InChI=1S/C13H20N4O3S/c1-10(21(2,19)20)12(18)16-11-5-3-8-17(9-11)13-14-6-4-7-15-13/h4,6-7,10-11H,3,5,8-9H2,1-2H3,(H,16,18)/t10-,11+/m0/s1. The Bertz CT molecular complexity index is 591. The van der Waals surface area contributed by atoms with Gasteiger partial charge in [0.1, 0.15) is 5.25 Å². The molecule has 1 amide bonds. The molecule has 1 saturated heterocycles. The fourth-order valence-corrected chi connectivity index (χ4v) is 2.70. The molecule has 1 aromatic rings. The largest absolute Gasteiger partial charge is 0.350 e. The van der Waals surface area contributed by atoms with Gasteiger partial charge in [0.05, 0.1) is 0 Å². The molecule has 2 heterocycles. The van der Waals surface area contributed by atoms with Crippen LogP contribution in [0.15, 0.2) is 18.5 Å². The monoisotopic (exact) mass is 312 g/mol. The summed E-state index contributed by atoms with van der Waals surface area (Å²) in [6, 6.07) is 1.67. The normalized spacial score (nSPS) is 20.9. The van der Waals surface area contributed by atoms with Crippen LogP contribution < -0.4 is 10.2 Å². The predicted molar refractivity (Wildman–Crippen MR) is 79.7 cm³/mol. The van der Waals surface area contributed by atoms with Crippen LogP contribution in [0.1, 0.15) is 19.8 Å². The van der Waals surface area contributed by atoms with E-state index in [0.717, 1.165) is 25.6 Å². The summed E-state index contributed by atoms with van der Waals surface area (Å²) in [7, 11) is -3.37. The second-order valence-corrected chi connectivity index (χ2v) is 7.68. The van der Waals surface area contributed by atoms with E-state index in [1.807, 2.05) is 4.90 Å². The van der Waals surface area contributed by atoms with E-state index in [4.69, 9.17) is 0 Å². The van der Waals surface area contributed by atoms with Crippen molar-refractivity contribution in [3.8, 4) is 0 Å². The number of anilines is 1. The Morgan fingerprint density at radius 1 is 1.43 bits per heavy atom. The topological polar surface area (TPSA) is 92.3 Å². The van der Waals surface area contributed by atoms with E-state index in [9.17, 15) is 13.2 Å². The van der Waals surface area contributed by atoms with E-state index in [0.29, 0.717) is 12.5 Å². The SMILES string of the molecule is C[C@@H](C(=O)N[C@@H]1CCCN(c2ncccn2)C1)S(C)(=O)=O. The number of sulfone groups is 1. The third kappa shape index (κ3) is 4.13. The molecule has 0 bridgehead atoms. The number of hydrogen-bond acceptors (Lipinski definition) is 6. The van der Waals surface area contributed by atoms with Crippen LogP contribution in [0.2, 0.25) is 0 Å². The van der Waals surface area contributed by atoms with Crippen LogP contribution in [-0.2, 0) is 14.6 Å². The molecular formula is C13H20N4O3S. The van der Waals surface area contributed by atoms with Gasteiger partial charge in [-0.15, -0.1) is 0 Å². The summed E-state index contributed by atoms with van der Waals surface area (Å²) >= 11 is 0. The Labute approximate surface area is 124 Å². The van der Waals surface area contributed by atoms with E-state index >= 15 is 0 Å². The second-order valence-electron chi connectivity index (χ2n) is 5.31. The zero-order valence-corrected chi connectivity index (χ0v) is 13.0. The van der Waals surface area contributed by atoms with E-state index in [-0.39, 0.29) is 6.04 Å². The molecule has 0 aliphatic carbocycles. The lowest BCUT2D eigenvalue weighted by Crippen LogP contribution is -2.51. The molecule has 7 nitrogen and oxygen atoms in total. The van der Waals surface area contributed by atoms with Crippen molar-refractivity contribution in [3.05, 3.63) is 18.5 Å². The van der Waals surface area contributed by atoms with Gasteiger partial charge >= 0.3 is 0 Å². The van der Waals surface area contributed by atoms with E-state index in [1.54, 1.807) is 18.5 Å². The number of aromatic nitrogens is 2. The van der Waals surface area contributed by atoms with Gasteiger partial charge in [0.25, 0.3) is 0 Å². The molecule has 1 aliphatic heterocycles. The van der Waals surface area contributed by atoms with Gasteiger partial charge in [-0.2, -0.15) is 0 Å². The van der Waals surface area contributed by atoms with Gasteiger partial charge in [0.15, 0.2) is 9.84 Å². The van der Waals surface area contributed by atoms with Crippen molar-refractivity contribution < 1.29 is 13.2 Å². The molecule has 0 spiro atoms. The number of nitrogens with one attached hydrogen (secondary N) is 1. The molecule has 1 N–H and O–H groups in total. The summed E-state index contributed by atoms with van der Waals surface area (Å²) in [5.41, 5.74) is 0. The molecule has 0 saturated carbocycles. The van der Waals surface area contributed by atoms with Crippen molar-refractivity contribution >= 4 is 21.7 Å². The first-order chi connectivity index (χ1) is 9.88. The number of piperidine rings is 1. The fraction of sp³-hybridized carbons (Fsp3) is 0.615. The molecule has 116 valence electrons. The van der Waals surface area contributed by atoms with Crippen LogP contribution in [0.4, 0.5) is 5.95 Å². The summed E-state index contributed by atoms with van der Waals surface area (Å²) in [5.74, 6) is 0.186. The van der Waals surface area contributed by atoms with Crippen molar-refractivity contribution in [1.82, 2.24) is 15.3 Å². The Morgan fingerprint density at radius 2 is 2.10 bits per heavy atom. The van der Waals surface area contributed by atoms with Crippen LogP contribution in [0.5, 0.6) is 0 Å². The van der Waals surface area contributed by atoms with E-state index < -0.39 is 21.0 Å². The summed E-state index contributed by atoms with van der Waals surface area (Å²) in [4.78, 5) is 22.4. The molecule has 2 atom stereocenters. The summed E-state index contributed by atoms with van der Waals surface area (Å²) in [5, 5.41) is 1.78. The third-order valence-corrected chi connectivity index (χ3v) is 5.11. The van der Waals surface area contributed by atoms with Gasteiger partial charge < -0.3 is 10.2 Å². The Morgan fingerprint density at radius 3 is 2.71 bits per heavy atom. The Hall–Kier alpha value is -1.70. The summed E-state index contributed by atoms with van der Waals surface area (Å²) in [6.07, 6.45) is 6.15. The lowest BCUT2D eigenvalue weighted by atomic mass is 10.1. The van der Waals surface area contributed by atoms with Crippen LogP contribution in [-0.4, -0.2) is 54.9 Å². The maximum Gasteiger partial charge on any atom is 0.238 e. The van der Waals surface area contributed by atoms with Gasteiger partial charge in [-0.1, -0.05) is 0 Å². The van der Waals surface area contributed by atoms with Crippen LogP contribution in [0, 0.1) is 0 Å². The number of carbonyl (C=O) groups excluding carboxylic acids is 1. The molecule has 21 heavy (non-hydrogen) atoms. The fourth-order valence-electron chi connectivity index (χ4n) is 2.24. The van der Waals surface area contributed by atoms with Gasteiger partial charge in [0.2, 0.25) is 11.9 Å². The highest BCUT2D eigenvalue weighted by Gasteiger charge is 2.28. The van der Waals surface area contributed by atoms with E-state index in [2.05, 4.69) is 15.3 Å². The van der Waals surface area contributed by atoms with Crippen molar-refractivity contribution in [2.75, 3.05) is 24.2 Å². The molecule has 1 aliphatic rings. The number of rotatable bonds is 4. The highest BCUT2D eigenvalue weighted by atomic mass is 32.2. The highest BCUT2D eigenvalue weighted by molar-refractivity contribution is 7.92. The van der Waals surface area contributed by atoms with Gasteiger partial charge in [-0.3, -0.25) is 4.79 Å². The second kappa shape index (κ2) is 6.38. The lowest BCUT2D eigenvalue weighted by Gasteiger charge is -2.33. The summed E-state index contributed by atoms with van der Waals surface area (Å²) in [6.45, 7) is 2.83. The zero-order valence-electron chi connectivity index (χ0n) is 12.2. The summed E-state index contributed by atoms with van der Waals surface area (Å²) < 4.78 is 22.8. The third-order valence-electron chi connectivity index (χ3n) is 3.61. The average molecular weight is 312 g/mol. The van der Waals surface area contributed by atoms with Crippen molar-refractivity contribution in [2.24, 2.45) is 0 Å². The molecular weight excluding hydrogens is 292 g/mol. The van der Waals surface area contributed by atoms with Crippen molar-refractivity contribution in [1.29, 1.82) is 0 Å². The van der Waals surface area contributed by atoms with Gasteiger partial charge in [0, 0.05) is 37.8 Å². The van der Waals surface area contributed by atoms with Gasteiger partial charge in [-0.25, -0.2) is 18.4 Å². The minimum Gasteiger partial charge on any atom is -0.350 e. The number of hydrogen-bond donors (Lipinski definition) is 1. The Balaban J connectivity index is 1.97. The molecule has 0 aromatic carbocycles. The number of amides is 1. The number of carbonyl (C=O) groups is 1. The molecule has 1 aromatic heterocycles. The van der Waals surface area contributed by atoms with Gasteiger partial charge in [-0.05, 0) is 25.8 Å². The van der Waals surface area contributed by atoms with Crippen LogP contribution in [0.3, 0.4) is 0 Å². The van der Waals surface area contributed by atoms with Crippen molar-refractivity contribution in [3.63, 3.8) is 0 Å². The molecule has 2 rings (SSSR count). The first-order valence-corrected chi connectivity index (χ1v) is 8.84. The molecule has 8 heteroatoms. The smallest absolute Gasteiger partial charge is 0.238 e. The lowest BCUT2D eigenvalue weighted by molar-refractivity contribution is -0.121. The van der Waals surface area contributed by atoms with E-state index in [1.165, 1.54) is 6.92 Å². The highest BCUT2D eigenvalue weighted by Crippen LogP contribution is 2.15. The minimum absolute atomic E-state index is 0.0840. The molecule has 0 unspecified atom stereocenters. The maximum absolute atomic E-state index is 12.0. The molecule has 1 fully saturated rings. The predicted octanol–water partition coefficient (Wildman–Crippen LogP) is -0.00530. The average Bonchev–Trinajstić information content (AvgIpc) is 2.46. The maximum atomic E-state index is 12.0. The Kier molecular flexibility index (Phi) is 4.76. The first-order valence-electron chi connectivity index (χ1n) is 6.89.